The molecule has 0 saturated carbocycles. The molecule has 0 aliphatic carbocycles. The molecule has 0 fully saturated rings. The van der Waals surface area contributed by atoms with E-state index in [0.29, 0.717) is 17.9 Å². The molecular formula is C15H14ClN3O. The van der Waals surface area contributed by atoms with Gasteiger partial charge in [-0.05, 0) is 17.7 Å². The number of halogens is 1. The summed E-state index contributed by atoms with van der Waals surface area (Å²) in [6, 6.07) is 10.6. The monoisotopic (exact) mass is 287 g/mol. The van der Waals surface area contributed by atoms with Crippen LogP contribution in [-0.2, 0) is 6.54 Å². The lowest BCUT2D eigenvalue weighted by Gasteiger charge is -2.14. The highest BCUT2D eigenvalue weighted by Crippen LogP contribution is 2.14. The fraction of sp³-hybridized carbons (Fsp3) is 0.267. The second-order valence-electron chi connectivity index (χ2n) is 4.83. The van der Waals surface area contributed by atoms with Gasteiger partial charge in [0, 0.05) is 12.0 Å². The van der Waals surface area contributed by atoms with E-state index in [9.17, 15) is 4.79 Å². The van der Waals surface area contributed by atoms with E-state index < -0.39 is 0 Å². The summed E-state index contributed by atoms with van der Waals surface area (Å²) in [5.74, 6) is 0.727. The maximum atomic E-state index is 12.1. The number of benzene rings is 1. The maximum absolute atomic E-state index is 12.1. The highest BCUT2D eigenvalue weighted by atomic mass is 35.5. The second-order valence-corrected chi connectivity index (χ2v) is 5.22. The van der Waals surface area contributed by atoms with Crippen LogP contribution in [-0.4, -0.2) is 9.55 Å². The summed E-state index contributed by atoms with van der Waals surface area (Å²) >= 11 is 5.85. The molecule has 0 aliphatic heterocycles. The number of aromatic nitrogens is 2. The van der Waals surface area contributed by atoms with Gasteiger partial charge in [0.25, 0.3) is 5.56 Å². The van der Waals surface area contributed by atoms with Gasteiger partial charge in [-0.25, -0.2) is 4.98 Å². The Morgan fingerprint density at radius 1 is 1.40 bits per heavy atom. The molecule has 0 spiro atoms. The average molecular weight is 288 g/mol. The lowest BCUT2D eigenvalue weighted by atomic mass is 10.1. The molecule has 0 atom stereocenters. The molecule has 0 bridgehead atoms. The first-order valence-corrected chi connectivity index (χ1v) is 6.65. The molecule has 2 rings (SSSR count). The van der Waals surface area contributed by atoms with Crippen molar-refractivity contribution in [3.8, 4) is 6.07 Å². The smallest absolute Gasteiger partial charge is 0.255 e. The molecule has 0 saturated heterocycles. The molecular weight excluding hydrogens is 274 g/mol. The summed E-state index contributed by atoms with van der Waals surface area (Å²) in [6.45, 7) is 4.30. The molecule has 1 aromatic heterocycles. The Balaban J connectivity index is 2.48. The minimum atomic E-state index is -0.184. The third-order valence-electron chi connectivity index (χ3n) is 2.92. The Kier molecular flexibility index (Phi) is 4.21. The summed E-state index contributed by atoms with van der Waals surface area (Å²) in [5, 5.41) is 9.12. The van der Waals surface area contributed by atoms with Crippen molar-refractivity contribution in [2.24, 2.45) is 0 Å². The predicted molar refractivity (Wildman–Crippen MR) is 77.9 cm³/mol. The summed E-state index contributed by atoms with van der Waals surface area (Å²) < 4.78 is 1.59. The van der Waals surface area contributed by atoms with Crippen molar-refractivity contribution in [1.29, 1.82) is 5.26 Å². The molecule has 0 radical (unpaired) electrons. The first kappa shape index (κ1) is 14.3. The molecule has 5 heteroatoms. The summed E-state index contributed by atoms with van der Waals surface area (Å²) in [6.07, 6.45) is 0. The van der Waals surface area contributed by atoms with Crippen LogP contribution in [0.15, 0.2) is 35.1 Å². The van der Waals surface area contributed by atoms with Crippen molar-refractivity contribution >= 4 is 11.6 Å². The van der Waals surface area contributed by atoms with Crippen molar-refractivity contribution in [3.63, 3.8) is 0 Å². The van der Waals surface area contributed by atoms with Gasteiger partial charge in [-0.15, -0.1) is 0 Å². The molecule has 4 nitrogen and oxygen atoms in total. The Morgan fingerprint density at radius 3 is 2.80 bits per heavy atom. The van der Waals surface area contributed by atoms with E-state index in [-0.39, 0.29) is 16.6 Å². The Morgan fingerprint density at radius 2 is 2.15 bits per heavy atom. The van der Waals surface area contributed by atoms with E-state index in [2.05, 4.69) is 11.1 Å². The molecule has 1 aromatic carbocycles. The van der Waals surface area contributed by atoms with Gasteiger partial charge in [0.1, 0.15) is 11.0 Å². The summed E-state index contributed by atoms with van der Waals surface area (Å²) in [7, 11) is 0. The van der Waals surface area contributed by atoms with E-state index in [1.54, 1.807) is 22.8 Å². The van der Waals surface area contributed by atoms with Gasteiger partial charge in [0.2, 0.25) is 0 Å². The van der Waals surface area contributed by atoms with E-state index in [1.165, 1.54) is 6.07 Å². The van der Waals surface area contributed by atoms with Crippen molar-refractivity contribution in [1.82, 2.24) is 9.55 Å². The fourth-order valence-electron chi connectivity index (χ4n) is 2.02. The van der Waals surface area contributed by atoms with Crippen molar-refractivity contribution in [2.75, 3.05) is 0 Å². The van der Waals surface area contributed by atoms with Gasteiger partial charge in [-0.3, -0.25) is 9.36 Å². The summed E-state index contributed by atoms with van der Waals surface area (Å²) in [5.41, 5.74) is 1.27. The molecule has 0 aliphatic rings. The molecule has 20 heavy (non-hydrogen) atoms. The van der Waals surface area contributed by atoms with Gasteiger partial charge in [-0.1, -0.05) is 37.6 Å². The topological polar surface area (TPSA) is 58.7 Å². The van der Waals surface area contributed by atoms with E-state index in [4.69, 9.17) is 16.9 Å². The van der Waals surface area contributed by atoms with Crippen LogP contribution in [0.3, 0.4) is 0 Å². The first-order chi connectivity index (χ1) is 9.51. The van der Waals surface area contributed by atoms with Crippen LogP contribution < -0.4 is 5.56 Å². The zero-order valence-corrected chi connectivity index (χ0v) is 12.1. The van der Waals surface area contributed by atoms with Crippen molar-refractivity contribution in [3.05, 3.63) is 62.8 Å². The summed E-state index contributed by atoms with van der Waals surface area (Å²) in [4.78, 5) is 16.3. The standard InChI is InChI=1S/C15H14ClN3O/c1-10(2)15-18-13(16)7-14(20)19(15)9-12-5-3-4-11(6-12)8-17/h3-7,10H,9H2,1-2H3. The Labute approximate surface area is 122 Å². The van der Waals surface area contributed by atoms with Crippen molar-refractivity contribution in [2.45, 2.75) is 26.3 Å². The molecule has 102 valence electrons. The average Bonchev–Trinajstić information content (AvgIpc) is 2.41. The van der Waals surface area contributed by atoms with Crippen LogP contribution in [0, 0.1) is 11.3 Å². The second kappa shape index (κ2) is 5.89. The number of hydrogen-bond acceptors (Lipinski definition) is 3. The lowest BCUT2D eigenvalue weighted by molar-refractivity contribution is 0.624. The number of hydrogen-bond donors (Lipinski definition) is 0. The third kappa shape index (κ3) is 3.06. The molecule has 0 amide bonds. The minimum absolute atomic E-state index is 0.0838. The SMILES string of the molecule is CC(C)c1nc(Cl)cc(=O)n1Cc1cccc(C#N)c1. The number of nitriles is 1. The van der Waals surface area contributed by atoms with Gasteiger partial charge < -0.3 is 0 Å². The van der Waals surface area contributed by atoms with Gasteiger partial charge >= 0.3 is 0 Å². The van der Waals surface area contributed by atoms with Crippen LogP contribution >= 0.6 is 11.6 Å². The quantitative estimate of drug-likeness (QED) is 0.816. The zero-order valence-electron chi connectivity index (χ0n) is 11.3. The maximum Gasteiger partial charge on any atom is 0.255 e. The van der Waals surface area contributed by atoms with Gasteiger partial charge in [0.05, 0.1) is 18.2 Å². The predicted octanol–water partition coefficient (Wildman–Crippen LogP) is 2.94. The highest BCUT2D eigenvalue weighted by molar-refractivity contribution is 6.29. The van der Waals surface area contributed by atoms with Gasteiger partial charge in [0.15, 0.2) is 0 Å². The molecule has 2 aromatic rings. The minimum Gasteiger partial charge on any atom is -0.292 e. The van der Waals surface area contributed by atoms with Gasteiger partial charge in [-0.2, -0.15) is 5.26 Å². The molecule has 0 N–H and O–H groups in total. The van der Waals surface area contributed by atoms with E-state index in [0.717, 1.165) is 5.56 Å². The first-order valence-electron chi connectivity index (χ1n) is 6.27. The Bertz CT molecular complexity index is 729. The zero-order chi connectivity index (χ0) is 14.7. The number of nitrogens with zero attached hydrogens (tertiary/aromatic N) is 3. The largest absolute Gasteiger partial charge is 0.292 e. The molecule has 0 unspecified atom stereocenters. The van der Waals surface area contributed by atoms with Crippen molar-refractivity contribution < 1.29 is 0 Å². The van der Waals surface area contributed by atoms with Crippen LogP contribution in [0.2, 0.25) is 5.15 Å². The molecule has 1 heterocycles. The van der Waals surface area contributed by atoms with Crippen LogP contribution in [0.5, 0.6) is 0 Å². The van der Waals surface area contributed by atoms with Crippen LogP contribution in [0.4, 0.5) is 0 Å². The number of rotatable bonds is 3. The fourth-order valence-corrected chi connectivity index (χ4v) is 2.20. The van der Waals surface area contributed by atoms with E-state index in [1.807, 2.05) is 19.9 Å². The van der Waals surface area contributed by atoms with Crippen LogP contribution in [0.1, 0.15) is 36.7 Å². The van der Waals surface area contributed by atoms with E-state index >= 15 is 0 Å². The lowest BCUT2D eigenvalue weighted by Crippen LogP contribution is -2.25. The van der Waals surface area contributed by atoms with Crippen LogP contribution in [0.25, 0.3) is 0 Å². The normalized spacial score (nSPS) is 10.6. The third-order valence-corrected chi connectivity index (χ3v) is 3.11. The Hall–Kier alpha value is -2.12. The highest BCUT2D eigenvalue weighted by Gasteiger charge is 2.12.